The van der Waals surface area contributed by atoms with E-state index in [-0.39, 0.29) is 11.8 Å². The third-order valence-corrected chi connectivity index (χ3v) is 4.74. The van der Waals surface area contributed by atoms with Gasteiger partial charge in [0.1, 0.15) is 5.52 Å². The molecule has 0 spiro atoms. The summed E-state index contributed by atoms with van der Waals surface area (Å²) in [5, 5.41) is 11.3. The van der Waals surface area contributed by atoms with Gasteiger partial charge in [-0.15, -0.1) is 5.10 Å². The van der Waals surface area contributed by atoms with Crippen molar-refractivity contribution in [3.63, 3.8) is 0 Å². The molecule has 0 fully saturated rings. The van der Waals surface area contributed by atoms with Gasteiger partial charge < -0.3 is 14.8 Å². The van der Waals surface area contributed by atoms with Crippen molar-refractivity contribution in [3.8, 4) is 11.5 Å². The quantitative estimate of drug-likeness (QED) is 0.781. The van der Waals surface area contributed by atoms with Gasteiger partial charge in [0, 0.05) is 19.4 Å². The van der Waals surface area contributed by atoms with E-state index in [0.29, 0.717) is 30.0 Å². The number of carbonyl (C=O) groups excluding carboxylic acids is 1. The molecular weight excluding hydrogens is 332 g/mol. The zero-order chi connectivity index (χ0) is 18.3. The van der Waals surface area contributed by atoms with Crippen molar-refractivity contribution >= 4 is 22.6 Å². The third kappa shape index (κ3) is 2.56. The largest absolute Gasteiger partial charge is 0.493 e. The van der Waals surface area contributed by atoms with Crippen molar-refractivity contribution in [2.45, 2.75) is 19.3 Å². The van der Waals surface area contributed by atoms with Gasteiger partial charge in [-0.25, -0.2) is 4.68 Å². The maximum atomic E-state index is 12.4. The summed E-state index contributed by atoms with van der Waals surface area (Å²) in [6, 6.07) is 9.85. The van der Waals surface area contributed by atoms with Gasteiger partial charge >= 0.3 is 0 Å². The van der Waals surface area contributed by atoms with Crippen molar-refractivity contribution in [1.29, 1.82) is 0 Å². The predicted molar refractivity (Wildman–Crippen MR) is 97.8 cm³/mol. The Morgan fingerprint density at radius 3 is 2.88 bits per heavy atom. The fourth-order valence-corrected chi connectivity index (χ4v) is 3.50. The molecule has 7 heteroatoms. The molecule has 1 aromatic heterocycles. The summed E-state index contributed by atoms with van der Waals surface area (Å²) in [5.41, 5.74) is 4.38. The number of anilines is 1. The smallest absolute Gasteiger partial charge is 0.225 e. The second-order valence-electron chi connectivity index (χ2n) is 6.26. The van der Waals surface area contributed by atoms with E-state index in [2.05, 4.69) is 15.6 Å². The average molecular weight is 352 g/mol. The van der Waals surface area contributed by atoms with Gasteiger partial charge in [-0.1, -0.05) is 17.3 Å². The topological polar surface area (TPSA) is 78.3 Å². The lowest BCUT2D eigenvalue weighted by atomic mass is 9.84. The SMILES string of the molecule is CCOc1cc(C2CC(=O)Nc3c2ccc2c3nnn2C)ccc1OC. The summed E-state index contributed by atoms with van der Waals surface area (Å²) in [6.45, 7) is 2.47. The summed E-state index contributed by atoms with van der Waals surface area (Å²) < 4.78 is 12.8. The Hall–Kier alpha value is -3.09. The fraction of sp³-hybridized carbons (Fsp3) is 0.316. The van der Waals surface area contributed by atoms with Crippen LogP contribution >= 0.6 is 0 Å². The summed E-state index contributed by atoms with van der Waals surface area (Å²) in [4.78, 5) is 12.4. The Bertz CT molecular complexity index is 996. The molecule has 2 aromatic carbocycles. The van der Waals surface area contributed by atoms with Crippen LogP contribution in [0.2, 0.25) is 0 Å². The Morgan fingerprint density at radius 2 is 2.12 bits per heavy atom. The number of nitrogens with one attached hydrogen (secondary N) is 1. The van der Waals surface area contributed by atoms with Crippen molar-refractivity contribution in [1.82, 2.24) is 15.0 Å². The van der Waals surface area contributed by atoms with E-state index < -0.39 is 0 Å². The molecule has 0 bridgehead atoms. The minimum absolute atomic E-state index is 0.0329. The van der Waals surface area contributed by atoms with Gasteiger partial charge in [-0.2, -0.15) is 0 Å². The second-order valence-corrected chi connectivity index (χ2v) is 6.26. The molecule has 1 aliphatic heterocycles. The van der Waals surface area contributed by atoms with E-state index in [1.807, 2.05) is 44.3 Å². The van der Waals surface area contributed by atoms with Gasteiger partial charge in [-0.3, -0.25) is 4.79 Å². The standard InChI is InChI=1S/C19H20N4O3/c1-4-26-16-9-11(5-8-15(16)25-3)13-10-17(24)20-18-12(13)6-7-14-19(18)21-22-23(14)2/h5-9,13H,4,10H2,1-3H3,(H,20,24). The first-order chi connectivity index (χ1) is 12.6. The number of methoxy groups -OCH3 is 1. The van der Waals surface area contributed by atoms with E-state index in [4.69, 9.17) is 9.47 Å². The number of hydrogen-bond acceptors (Lipinski definition) is 5. The van der Waals surface area contributed by atoms with Crippen molar-refractivity contribution in [3.05, 3.63) is 41.5 Å². The highest BCUT2D eigenvalue weighted by molar-refractivity contribution is 6.03. The Kier molecular flexibility index (Phi) is 3.99. The highest BCUT2D eigenvalue weighted by Gasteiger charge is 2.29. The molecule has 4 rings (SSSR count). The van der Waals surface area contributed by atoms with E-state index in [0.717, 1.165) is 22.3 Å². The van der Waals surface area contributed by atoms with Crippen LogP contribution in [0.3, 0.4) is 0 Å². The number of aryl methyl sites for hydroxylation is 1. The molecule has 0 aliphatic carbocycles. The zero-order valence-corrected chi connectivity index (χ0v) is 14.9. The van der Waals surface area contributed by atoms with Crippen LogP contribution < -0.4 is 14.8 Å². The molecule has 1 aliphatic rings. The van der Waals surface area contributed by atoms with Gasteiger partial charge in [0.2, 0.25) is 5.91 Å². The Morgan fingerprint density at radius 1 is 1.27 bits per heavy atom. The van der Waals surface area contributed by atoms with E-state index in [9.17, 15) is 4.79 Å². The number of benzene rings is 2. The molecule has 2 heterocycles. The molecule has 0 saturated carbocycles. The molecule has 1 atom stereocenters. The molecule has 0 radical (unpaired) electrons. The van der Waals surface area contributed by atoms with E-state index >= 15 is 0 Å². The first-order valence-corrected chi connectivity index (χ1v) is 8.55. The molecule has 134 valence electrons. The number of fused-ring (bicyclic) bond motifs is 3. The van der Waals surface area contributed by atoms with Crippen LogP contribution in [0, 0.1) is 0 Å². The maximum absolute atomic E-state index is 12.4. The summed E-state index contributed by atoms with van der Waals surface area (Å²) >= 11 is 0. The van der Waals surface area contributed by atoms with Crippen LogP contribution in [-0.4, -0.2) is 34.6 Å². The number of rotatable bonds is 4. The van der Waals surface area contributed by atoms with Gasteiger partial charge in [0.25, 0.3) is 0 Å². The van der Waals surface area contributed by atoms with Crippen molar-refractivity contribution in [2.75, 3.05) is 19.0 Å². The number of carbonyl (C=O) groups is 1. The van der Waals surface area contributed by atoms with E-state index in [1.165, 1.54) is 0 Å². The first-order valence-electron chi connectivity index (χ1n) is 8.55. The van der Waals surface area contributed by atoms with Crippen LogP contribution in [0.15, 0.2) is 30.3 Å². The van der Waals surface area contributed by atoms with Crippen molar-refractivity contribution in [2.24, 2.45) is 7.05 Å². The second kappa shape index (κ2) is 6.33. The third-order valence-electron chi connectivity index (χ3n) is 4.74. The Balaban J connectivity index is 1.85. The fourth-order valence-electron chi connectivity index (χ4n) is 3.50. The van der Waals surface area contributed by atoms with Gasteiger partial charge in [0.15, 0.2) is 11.5 Å². The molecule has 0 saturated heterocycles. The zero-order valence-electron chi connectivity index (χ0n) is 14.9. The summed E-state index contributed by atoms with van der Waals surface area (Å²) in [5.74, 6) is 1.26. The lowest BCUT2D eigenvalue weighted by molar-refractivity contribution is -0.116. The molecule has 1 amide bonds. The Labute approximate surface area is 150 Å². The molecule has 7 nitrogen and oxygen atoms in total. The number of nitrogens with zero attached hydrogens (tertiary/aromatic N) is 3. The average Bonchev–Trinajstić information content (AvgIpc) is 3.03. The van der Waals surface area contributed by atoms with Gasteiger partial charge in [-0.05, 0) is 36.2 Å². The molecular formula is C19H20N4O3. The van der Waals surface area contributed by atoms with Crippen LogP contribution in [0.4, 0.5) is 5.69 Å². The normalized spacial score (nSPS) is 16.3. The van der Waals surface area contributed by atoms with Gasteiger partial charge in [0.05, 0.1) is 24.9 Å². The van der Waals surface area contributed by atoms with Crippen LogP contribution in [0.5, 0.6) is 11.5 Å². The van der Waals surface area contributed by atoms with Crippen molar-refractivity contribution < 1.29 is 14.3 Å². The number of aromatic nitrogens is 3. The molecule has 26 heavy (non-hydrogen) atoms. The summed E-state index contributed by atoms with van der Waals surface area (Å²) in [6.07, 6.45) is 0.372. The highest BCUT2D eigenvalue weighted by Crippen LogP contribution is 2.42. The summed E-state index contributed by atoms with van der Waals surface area (Å²) in [7, 11) is 3.45. The van der Waals surface area contributed by atoms with Crippen LogP contribution in [0.1, 0.15) is 30.4 Å². The first kappa shape index (κ1) is 16.4. The number of ether oxygens (including phenoxy) is 2. The highest BCUT2D eigenvalue weighted by atomic mass is 16.5. The van der Waals surface area contributed by atoms with E-state index in [1.54, 1.807) is 11.8 Å². The molecule has 1 N–H and O–H groups in total. The molecule has 3 aromatic rings. The lowest BCUT2D eigenvalue weighted by Gasteiger charge is -2.26. The minimum atomic E-state index is -0.0738. The lowest BCUT2D eigenvalue weighted by Crippen LogP contribution is -2.23. The monoisotopic (exact) mass is 352 g/mol. The van der Waals surface area contributed by atoms with Crippen LogP contribution in [-0.2, 0) is 11.8 Å². The number of hydrogen-bond donors (Lipinski definition) is 1. The van der Waals surface area contributed by atoms with Crippen LogP contribution in [0.25, 0.3) is 11.0 Å². The predicted octanol–water partition coefficient (Wildman–Crippen LogP) is 2.85. The minimum Gasteiger partial charge on any atom is -0.493 e. The number of amides is 1. The maximum Gasteiger partial charge on any atom is 0.225 e. The molecule has 1 unspecified atom stereocenters.